The molecule has 2 N–H and O–H groups in total. The molecule has 1 aromatic carbocycles. The first-order valence-corrected chi connectivity index (χ1v) is 5.63. The van der Waals surface area contributed by atoms with Crippen LogP contribution in [-0.4, -0.2) is 23.7 Å². The highest BCUT2D eigenvalue weighted by atomic mass is 16.3. The molecule has 0 aliphatic carbocycles. The largest absolute Gasteiger partial charge is 0.391 e. The van der Waals surface area contributed by atoms with Crippen molar-refractivity contribution in [2.45, 2.75) is 25.9 Å². The molecule has 0 aliphatic rings. The highest BCUT2D eigenvalue weighted by Crippen LogP contribution is 2.03. The first-order chi connectivity index (χ1) is 8.17. The number of nitrogens with zero attached hydrogens (tertiary/aromatic N) is 1. The van der Waals surface area contributed by atoms with Gasteiger partial charge in [0.2, 0.25) is 0 Å². The van der Waals surface area contributed by atoms with Gasteiger partial charge in [0.25, 0.3) is 5.91 Å². The van der Waals surface area contributed by atoms with Gasteiger partial charge < -0.3 is 10.4 Å². The van der Waals surface area contributed by atoms with Crippen LogP contribution in [0, 0.1) is 11.3 Å². The van der Waals surface area contributed by atoms with Crippen molar-refractivity contribution in [1.82, 2.24) is 5.32 Å². The molecular weight excluding hydrogens is 216 g/mol. The monoisotopic (exact) mass is 232 g/mol. The van der Waals surface area contributed by atoms with Crippen LogP contribution in [0.4, 0.5) is 0 Å². The van der Waals surface area contributed by atoms with E-state index in [0.29, 0.717) is 17.5 Å². The second kappa shape index (κ2) is 6.66. The van der Waals surface area contributed by atoms with Crippen molar-refractivity contribution >= 4 is 5.91 Å². The standard InChI is InChI=1S/C13H16N2O2/c1-2-3-12(16)9-15-13(17)11-6-4-10(8-14)5-7-11/h4-7,12,16H,2-3,9H2,1H3,(H,15,17). The Hall–Kier alpha value is -1.86. The summed E-state index contributed by atoms with van der Waals surface area (Å²) in [6, 6.07) is 8.37. The molecule has 1 aromatic rings. The number of rotatable bonds is 5. The van der Waals surface area contributed by atoms with Crippen LogP contribution in [-0.2, 0) is 0 Å². The Bertz CT molecular complexity index is 406. The summed E-state index contributed by atoms with van der Waals surface area (Å²) >= 11 is 0. The quantitative estimate of drug-likeness (QED) is 0.807. The van der Waals surface area contributed by atoms with E-state index in [1.807, 2.05) is 13.0 Å². The molecule has 17 heavy (non-hydrogen) atoms. The van der Waals surface area contributed by atoms with Crippen LogP contribution in [0.2, 0.25) is 0 Å². The highest BCUT2D eigenvalue weighted by Gasteiger charge is 2.08. The molecule has 1 unspecified atom stereocenters. The summed E-state index contributed by atoms with van der Waals surface area (Å²) in [4.78, 5) is 11.6. The zero-order valence-corrected chi connectivity index (χ0v) is 9.81. The van der Waals surface area contributed by atoms with Gasteiger partial charge in [0.05, 0.1) is 17.7 Å². The molecule has 4 nitrogen and oxygen atoms in total. The molecule has 0 bridgehead atoms. The van der Waals surface area contributed by atoms with Crippen LogP contribution < -0.4 is 5.32 Å². The minimum absolute atomic E-state index is 0.232. The number of amides is 1. The minimum Gasteiger partial charge on any atom is -0.391 e. The third kappa shape index (κ3) is 4.25. The van der Waals surface area contributed by atoms with E-state index in [1.54, 1.807) is 24.3 Å². The topological polar surface area (TPSA) is 73.1 Å². The first kappa shape index (κ1) is 13.2. The number of aliphatic hydroxyl groups is 1. The Morgan fingerprint density at radius 1 is 1.47 bits per heavy atom. The van der Waals surface area contributed by atoms with Crippen molar-refractivity contribution in [2.75, 3.05) is 6.54 Å². The van der Waals surface area contributed by atoms with Crippen molar-refractivity contribution in [3.05, 3.63) is 35.4 Å². The number of nitrogens with one attached hydrogen (secondary N) is 1. The maximum Gasteiger partial charge on any atom is 0.251 e. The van der Waals surface area contributed by atoms with Gasteiger partial charge in [0, 0.05) is 12.1 Å². The second-order valence-electron chi connectivity index (χ2n) is 3.84. The molecule has 0 heterocycles. The molecule has 0 fully saturated rings. The summed E-state index contributed by atoms with van der Waals surface area (Å²) in [6.07, 6.45) is 1.06. The summed E-state index contributed by atoms with van der Waals surface area (Å²) < 4.78 is 0. The average molecular weight is 232 g/mol. The molecule has 0 saturated heterocycles. The second-order valence-corrected chi connectivity index (χ2v) is 3.84. The molecule has 0 aromatic heterocycles. The predicted molar refractivity (Wildman–Crippen MR) is 64.4 cm³/mol. The molecular formula is C13H16N2O2. The lowest BCUT2D eigenvalue weighted by Gasteiger charge is -2.10. The van der Waals surface area contributed by atoms with Gasteiger partial charge in [-0.15, -0.1) is 0 Å². The molecule has 0 aliphatic heterocycles. The van der Waals surface area contributed by atoms with Crippen molar-refractivity contribution in [1.29, 1.82) is 5.26 Å². The van der Waals surface area contributed by atoms with E-state index in [4.69, 9.17) is 5.26 Å². The van der Waals surface area contributed by atoms with E-state index in [2.05, 4.69) is 5.32 Å². The lowest BCUT2D eigenvalue weighted by Crippen LogP contribution is -2.31. The number of nitriles is 1. The molecule has 0 saturated carbocycles. The highest BCUT2D eigenvalue weighted by molar-refractivity contribution is 5.94. The number of carbonyl (C=O) groups excluding carboxylic acids is 1. The Morgan fingerprint density at radius 2 is 2.12 bits per heavy atom. The van der Waals surface area contributed by atoms with Crippen molar-refractivity contribution in [3.8, 4) is 6.07 Å². The lowest BCUT2D eigenvalue weighted by atomic mass is 10.1. The number of aliphatic hydroxyl groups excluding tert-OH is 1. The van der Waals surface area contributed by atoms with Gasteiger partial charge in [-0.1, -0.05) is 13.3 Å². The van der Waals surface area contributed by atoms with Crippen molar-refractivity contribution in [2.24, 2.45) is 0 Å². The SMILES string of the molecule is CCCC(O)CNC(=O)c1ccc(C#N)cc1. The number of hydrogen-bond acceptors (Lipinski definition) is 3. The van der Waals surface area contributed by atoms with Gasteiger partial charge in [-0.3, -0.25) is 4.79 Å². The van der Waals surface area contributed by atoms with Crippen LogP contribution >= 0.6 is 0 Å². The predicted octanol–water partition coefficient (Wildman–Crippen LogP) is 1.45. The maximum atomic E-state index is 11.6. The summed E-state index contributed by atoms with van der Waals surface area (Å²) in [5.41, 5.74) is 1.01. The van der Waals surface area contributed by atoms with Crippen LogP contribution in [0.25, 0.3) is 0 Å². The summed E-state index contributed by atoms with van der Waals surface area (Å²) in [5.74, 6) is -0.232. The Kier molecular flexibility index (Phi) is 5.18. The van der Waals surface area contributed by atoms with Crippen molar-refractivity contribution in [3.63, 3.8) is 0 Å². The fourth-order valence-corrected chi connectivity index (χ4v) is 1.44. The minimum atomic E-state index is -0.498. The normalized spacial score (nSPS) is 11.6. The Balaban J connectivity index is 2.50. The Morgan fingerprint density at radius 3 is 2.65 bits per heavy atom. The molecule has 90 valence electrons. The number of carbonyl (C=O) groups is 1. The molecule has 0 radical (unpaired) electrons. The van der Waals surface area contributed by atoms with Gasteiger partial charge in [-0.05, 0) is 30.7 Å². The van der Waals surface area contributed by atoms with Gasteiger partial charge in [0.15, 0.2) is 0 Å². The maximum absolute atomic E-state index is 11.6. The molecule has 1 amide bonds. The zero-order valence-electron chi connectivity index (χ0n) is 9.81. The van der Waals surface area contributed by atoms with Crippen molar-refractivity contribution < 1.29 is 9.90 Å². The average Bonchev–Trinajstić information content (AvgIpc) is 2.36. The van der Waals surface area contributed by atoms with Crippen LogP contribution in [0.15, 0.2) is 24.3 Å². The third-order valence-electron chi connectivity index (χ3n) is 2.40. The molecule has 1 rings (SSSR count). The van der Waals surface area contributed by atoms with Gasteiger partial charge in [-0.2, -0.15) is 5.26 Å². The summed E-state index contributed by atoms with van der Waals surface area (Å²) in [7, 11) is 0. The number of hydrogen-bond donors (Lipinski definition) is 2. The fourth-order valence-electron chi connectivity index (χ4n) is 1.44. The van der Waals surface area contributed by atoms with Crippen LogP contribution in [0.1, 0.15) is 35.7 Å². The molecule has 1 atom stereocenters. The van der Waals surface area contributed by atoms with Crippen LogP contribution in [0.3, 0.4) is 0 Å². The first-order valence-electron chi connectivity index (χ1n) is 5.63. The summed E-state index contributed by atoms with van der Waals surface area (Å²) in [6.45, 7) is 2.23. The molecule has 4 heteroatoms. The van der Waals surface area contributed by atoms with E-state index < -0.39 is 6.10 Å². The van der Waals surface area contributed by atoms with Gasteiger partial charge in [-0.25, -0.2) is 0 Å². The lowest BCUT2D eigenvalue weighted by molar-refractivity contribution is 0.0910. The zero-order chi connectivity index (χ0) is 12.7. The Labute approximate surface area is 101 Å². The van der Waals surface area contributed by atoms with E-state index in [9.17, 15) is 9.90 Å². The van der Waals surface area contributed by atoms with Crippen LogP contribution in [0.5, 0.6) is 0 Å². The third-order valence-corrected chi connectivity index (χ3v) is 2.40. The summed E-state index contributed by atoms with van der Waals surface area (Å²) in [5, 5.41) is 20.7. The van der Waals surface area contributed by atoms with E-state index >= 15 is 0 Å². The molecule has 0 spiro atoms. The van der Waals surface area contributed by atoms with E-state index in [0.717, 1.165) is 6.42 Å². The smallest absolute Gasteiger partial charge is 0.251 e. The van der Waals surface area contributed by atoms with E-state index in [1.165, 1.54) is 0 Å². The van der Waals surface area contributed by atoms with E-state index in [-0.39, 0.29) is 12.5 Å². The van der Waals surface area contributed by atoms with Gasteiger partial charge >= 0.3 is 0 Å². The number of benzene rings is 1. The van der Waals surface area contributed by atoms with Gasteiger partial charge in [0.1, 0.15) is 0 Å². The fraction of sp³-hybridized carbons (Fsp3) is 0.385.